The minimum atomic E-state index is 0.574. The van der Waals surface area contributed by atoms with E-state index in [0.717, 1.165) is 31.9 Å². The zero-order valence-electron chi connectivity index (χ0n) is 13.5. The normalized spacial score (nSPS) is 13.1. The molecule has 0 aromatic heterocycles. The highest BCUT2D eigenvalue weighted by atomic mass is 35.5. The molecule has 0 N–H and O–H groups in total. The van der Waals surface area contributed by atoms with E-state index in [4.69, 9.17) is 25.8 Å². The number of ether oxygens (including phenoxy) is 3. The highest BCUT2D eigenvalue weighted by Crippen LogP contribution is 2.16. The van der Waals surface area contributed by atoms with E-state index in [2.05, 4.69) is 20.8 Å². The number of unbranched alkanes of at least 4 members (excludes halogenated alkanes) is 1. The van der Waals surface area contributed by atoms with Crippen molar-refractivity contribution in [2.24, 2.45) is 11.8 Å². The topological polar surface area (TPSA) is 27.7 Å². The van der Waals surface area contributed by atoms with Crippen LogP contribution in [-0.2, 0) is 14.2 Å². The van der Waals surface area contributed by atoms with Gasteiger partial charge in [-0.15, -0.1) is 11.6 Å². The summed E-state index contributed by atoms with van der Waals surface area (Å²) in [4.78, 5) is 0. The maximum Gasteiger partial charge on any atom is 0.0701 e. The monoisotopic (exact) mass is 308 g/mol. The van der Waals surface area contributed by atoms with Crippen molar-refractivity contribution in [3.63, 3.8) is 0 Å². The summed E-state index contributed by atoms with van der Waals surface area (Å²) < 4.78 is 16.4. The first kappa shape index (κ1) is 20.2. The molecular formula is C16H33ClO3. The molecule has 1 atom stereocenters. The van der Waals surface area contributed by atoms with Crippen LogP contribution in [0.4, 0.5) is 0 Å². The molecule has 0 aliphatic heterocycles. The average molecular weight is 309 g/mol. The van der Waals surface area contributed by atoms with Crippen molar-refractivity contribution >= 4 is 11.6 Å². The van der Waals surface area contributed by atoms with Crippen LogP contribution in [0.2, 0.25) is 0 Å². The summed E-state index contributed by atoms with van der Waals surface area (Å²) in [6, 6.07) is 0. The van der Waals surface area contributed by atoms with Crippen LogP contribution < -0.4 is 0 Å². The van der Waals surface area contributed by atoms with Gasteiger partial charge in [-0.2, -0.15) is 0 Å². The van der Waals surface area contributed by atoms with Gasteiger partial charge in [0.2, 0.25) is 0 Å². The Morgan fingerprint density at radius 1 is 0.850 bits per heavy atom. The van der Waals surface area contributed by atoms with Gasteiger partial charge in [0.25, 0.3) is 0 Å². The minimum absolute atomic E-state index is 0.574. The molecule has 0 rings (SSSR count). The molecule has 1 unspecified atom stereocenters. The van der Waals surface area contributed by atoms with Gasteiger partial charge in [-0.25, -0.2) is 0 Å². The number of alkyl halides is 1. The number of hydrogen-bond donors (Lipinski definition) is 0. The molecule has 0 heterocycles. The minimum Gasteiger partial charge on any atom is -0.379 e. The molecule has 0 saturated heterocycles. The summed E-state index contributed by atoms with van der Waals surface area (Å²) in [5.41, 5.74) is 0. The molecular weight excluding hydrogens is 276 g/mol. The molecule has 0 radical (unpaired) electrons. The van der Waals surface area contributed by atoms with Crippen LogP contribution in [0, 0.1) is 11.8 Å². The van der Waals surface area contributed by atoms with E-state index in [1.54, 1.807) is 0 Å². The molecule has 0 bridgehead atoms. The van der Waals surface area contributed by atoms with Crippen molar-refractivity contribution in [3.8, 4) is 0 Å². The Hall–Kier alpha value is 0.170. The maximum atomic E-state index is 5.95. The summed E-state index contributed by atoms with van der Waals surface area (Å²) in [5, 5.41) is 0. The van der Waals surface area contributed by atoms with Crippen molar-refractivity contribution < 1.29 is 14.2 Å². The molecule has 0 spiro atoms. The zero-order chi connectivity index (χ0) is 15.1. The third-order valence-corrected chi connectivity index (χ3v) is 3.52. The predicted octanol–water partition coefficient (Wildman–Crippen LogP) is 4.13. The maximum absolute atomic E-state index is 5.95. The van der Waals surface area contributed by atoms with Crippen LogP contribution in [0.3, 0.4) is 0 Å². The second-order valence-corrected chi connectivity index (χ2v) is 5.94. The summed E-state index contributed by atoms with van der Waals surface area (Å²) in [6.07, 6.45) is 4.52. The van der Waals surface area contributed by atoms with Crippen LogP contribution >= 0.6 is 11.6 Å². The van der Waals surface area contributed by atoms with E-state index in [-0.39, 0.29) is 0 Å². The fraction of sp³-hybridized carbons (Fsp3) is 1.00. The smallest absolute Gasteiger partial charge is 0.0701 e. The molecule has 0 aromatic rings. The molecule has 0 saturated carbocycles. The van der Waals surface area contributed by atoms with Crippen molar-refractivity contribution in [1.29, 1.82) is 0 Å². The highest BCUT2D eigenvalue weighted by Gasteiger charge is 2.09. The van der Waals surface area contributed by atoms with E-state index in [1.165, 1.54) is 12.8 Å². The Labute approximate surface area is 130 Å². The standard InChI is InChI=1S/C16H33ClO3/c1-4-5-7-18-9-11-20-12-10-19-8-6-16(14-17)13-15(2)3/h15-16H,4-14H2,1-3H3. The Bertz CT molecular complexity index is 189. The van der Waals surface area contributed by atoms with Crippen LogP contribution in [0.5, 0.6) is 0 Å². The van der Waals surface area contributed by atoms with Crippen LogP contribution in [0.15, 0.2) is 0 Å². The van der Waals surface area contributed by atoms with E-state index in [0.29, 0.717) is 38.3 Å². The lowest BCUT2D eigenvalue weighted by Gasteiger charge is -2.16. The van der Waals surface area contributed by atoms with E-state index >= 15 is 0 Å². The SMILES string of the molecule is CCCCOCCOCCOCCC(CCl)CC(C)C. The van der Waals surface area contributed by atoms with Gasteiger partial charge in [0.15, 0.2) is 0 Å². The molecule has 3 nitrogen and oxygen atoms in total. The molecule has 0 fully saturated rings. The number of hydrogen-bond acceptors (Lipinski definition) is 3. The largest absolute Gasteiger partial charge is 0.379 e. The van der Waals surface area contributed by atoms with Gasteiger partial charge in [0.05, 0.1) is 26.4 Å². The highest BCUT2D eigenvalue weighted by molar-refractivity contribution is 6.18. The van der Waals surface area contributed by atoms with Gasteiger partial charge >= 0.3 is 0 Å². The third-order valence-electron chi connectivity index (χ3n) is 3.08. The van der Waals surface area contributed by atoms with Crippen LogP contribution in [0.25, 0.3) is 0 Å². The first-order valence-electron chi connectivity index (χ1n) is 7.99. The zero-order valence-corrected chi connectivity index (χ0v) is 14.3. The lowest BCUT2D eigenvalue weighted by molar-refractivity contribution is 0.0119. The van der Waals surface area contributed by atoms with E-state index < -0.39 is 0 Å². The van der Waals surface area contributed by atoms with Gasteiger partial charge in [-0.05, 0) is 31.1 Å². The lowest BCUT2D eigenvalue weighted by atomic mass is 9.96. The second-order valence-electron chi connectivity index (χ2n) is 5.63. The lowest BCUT2D eigenvalue weighted by Crippen LogP contribution is -2.13. The average Bonchev–Trinajstić information content (AvgIpc) is 2.43. The first-order chi connectivity index (χ1) is 9.70. The van der Waals surface area contributed by atoms with Crippen molar-refractivity contribution in [1.82, 2.24) is 0 Å². The fourth-order valence-corrected chi connectivity index (χ4v) is 2.24. The Kier molecular flexibility index (Phi) is 15.7. The molecule has 4 heteroatoms. The molecule has 122 valence electrons. The van der Waals surface area contributed by atoms with Crippen molar-refractivity contribution in [2.45, 2.75) is 46.5 Å². The molecule has 0 aliphatic rings. The van der Waals surface area contributed by atoms with Gasteiger partial charge in [0, 0.05) is 19.1 Å². The summed E-state index contributed by atoms with van der Waals surface area (Å²) in [5.74, 6) is 2.01. The molecule has 0 amide bonds. The summed E-state index contributed by atoms with van der Waals surface area (Å²) >= 11 is 5.95. The van der Waals surface area contributed by atoms with Gasteiger partial charge in [0.1, 0.15) is 0 Å². The summed E-state index contributed by atoms with van der Waals surface area (Å²) in [6.45, 7) is 10.9. The number of rotatable bonds is 15. The van der Waals surface area contributed by atoms with Crippen molar-refractivity contribution in [2.75, 3.05) is 45.5 Å². The Morgan fingerprint density at radius 3 is 1.90 bits per heavy atom. The second kappa shape index (κ2) is 15.6. The van der Waals surface area contributed by atoms with E-state index in [1.807, 2.05) is 0 Å². The van der Waals surface area contributed by atoms with Gasteiger partial charge in [-0.1, -0.05) is 27.2 Å². The Morgan fingerprint density at radius 2 is 1.40 bits per heavy atom. The van der Waals surface area contributed by atoms with Gasteiger partial charge < -0.3 is 14.2 Å². The first-order valence-corrected chi connectivity index (χ1v) is 8.53. The van der Waals surface area contributed by atoms with E-state index in [9.17, 15) is 0 Å². The summed E-state index contributed by atoms with van der Waals surface area (Å²) in [7, 11) is 0. The van der Waals surface area contributed by atoms with Crippen molar-refractivity contribution in [3.05, 3.63) is 0 Å². The number of halogens is 1. The van der Waals surface area contributed by atoms with Gasteiger partial charge in [-0.3, -0.25) is 0 Å². The molecule has 20 heavy (non-hydrogen) atoms. The molecule has 0 aliphatic carbocycles. The Balaban J connectivity index is 3.19. The fourth-order valence-electron chi connectivity index (χ4n) is 1.96. The van der Waals surface area contributed by atoms with Crippen LogP contribution in [-0.4, -0.2) is 45.5 Å². The quantitative estimate of drug-likeness (QED) is 0.336. The van der Waals surface area contributed by atoms with Crippen LogP contribution in [0.1, 0.15) is 46.5 Å². The predicted molar refractivity (Wildman–Crippen MR) is 85.6 cm³/mol. The molecule has 0 aromatic carbocycles. The third kappa shape index (κ3) is 14.6.